The lowest BCUT2D eigenvalue weighted by Gasteiger charge is -2.29. The average Bonchev–Trinajstić information content (AvgIpc) is 2.83. The average molecular weight is 418 g/mol. The predicted molar refractivity (Wildman–Crippen MR) is 120 cm³/mol. The maximum Gasteiger partial charge on any atom is 0.254 e. The Labute approximate surface area is 183 Å². The van der Waals surface area contributed by atoms with Crippen molar-refractivity contribution in [2.75, 3.05) is 20.3 Å². The molecule has 0 N–H and O–H groups in total. The van der Waals surface area contributed by atoms with Gasteiger partial charge in [0.05, 0.1) is 13.7 Å². The normalized spacial score (nSPS) is 12.8. The molecule has 160 valence electrons. The summed E-state index contributed by atoms with van der Waals surface area (Å²) in [5.74, 6) is 2.19. The lowest BCUT2D eigenvalue weighted by molar-refractivity contribution is 0.0734. The third kappa shape index (κ3) is 4.82. The molecule has 1 heterocycles. The van der Waals surface area contributed by atoms with Crippen LogP contribution in [0.15, 0.2) is 66.7 Å². The van der Waals surface area contributed by atoms with E-state index in [9.17, 15) is 4.79 Å². The summed E-state index contributed by atoms with van der Waals surface area (Å²) in [6.45, 7) is 4.14. The van der Waals surface area contributed by atoms with Crippen LogP contribution in [0.5, 0.6) is 17.2 Å². The van der Waals surface area contributed by atoms with Gasteiger partial charge in [0.2, 0.25) is 0 Å². The number of carbonyl (C=O) groups is 1. The van der Waals surface area contributed by atoms with Crippen LogP contribution < -0.4 is 14.2 Å². The Morgan fingerprint density at radius 2 is 1.74 bits per heavy atom. The van der Waals surface area contributed by atoms with Gasteiger partial charge in [-0.3, -0.25) is 4.79 Å². The molecule has 1 amide bonds. The first-order chi connectivity index (χ1) is 15.2. The van der Waals surface area contributed by atoms with Gasteiger partial charge in [0, 0.05) is 30.3 Å². The van der Waals surface area contributed by atoms with Crippen LogP contribution in [0.4, 0.5) is 0 Å². The monoisotopic (exact) mass is 417 g/mol. The van der Waals surface area contributed by atoms with Gasteiger partial charge in [-0.05, 0) is 54.8 Å². The van der Waals surface area contributed by atoms with E-state index < -0.39 is 0 Å². The molecule has 0 atom stereocenters. The van der Waals surface area contributed by atoms with E-state index in [1.807, 2.05) is 60.4 Å². The summed E-state index contributed by atoms with van der Waals surface area (Å²) in [6.07, 6.45) is 0.880. The van der Waals surface area contributed by atoms with Gasteiger partial charge < -0.3 is 19.1 Å². The first-order valence-electron chi connectivity index (χ1n) is 10.6. The number of hydrogen-bond acceptors (Lipinski definition) is 4. The van der Waals surface area contributed by atoms with Crippen LogP contribution >= 0.6 is 0 Å². The van der Waals surface area contributed by atoms with E-state index in [1.165, 1.54) is 11.1 Å². The highest BCUT2D eigenvalue weighted by atomic mass is 16.5. The van der Waals surface area contributed by atoms with E-state index in [2.05, 4.69) is 18.2 Å². The van der Waals surface area contributed by atoms with Crippen molar-refractivity contribution in [3.63, 3.8) is 0 Å². The van der Waals surface area contributed by atoms with Crippen molar-refractivity contribution >= 4 is 5.91 Å². The van der Waals surface area contributed by atoms with E-state index in [-0.39, 0.29) is 5.91 Å². The number of amides is 1. The molecule has 0 aliphatic carbocycles. The number of methoxy groups -OCH3 is 1. The highest BCUT2D eigenvalue weighted by molar-refractivity contribution is 5.94. The van der Waals surface area contributed by atoms with E-state index in [0.717, 1.165) is 30.0 Å². The Bertz CT molecular complexity index is 1060. The molecule has 0 bridgehead atoms. The maximum absolute atomic E-state index is 13.2. The summed E-state index contributed by atoms with van der Waals surface area (Å²) in [4.78, 5) is 15.1. The van der Waals surface area contributed by atoms with Crippen LogP contribution in [-0.2, 0) is 19.6 Å². The molecule has 3 aromatic carbocycles. The fraction of sp³-hybridized carbons (Fsp3) is 0.269. The van der Waals surface area contributed by atoms with Crippen molar-refractivity contribution < 1.29 is 19.0 Å². The minimum absolute atomic E-state index is 0.0279. The SMILES string of the molecule is CCOc1ccc(C(=O)N2CCc3ccccc3C2)cc1COc1cccc(OC)c1. The fourth-order valence-electron chi connectivity index (χ4n) is 3.83. The molecular formula is C26H27NO4. The van der Waals surface area contributed by atoms with Crippen molar-refractivity contribution in [3.8, 4) is 17.2 Å². The number of nitrogens with zero attached hydrogens (tertiary/aromatic N) is 1. The molecule has 0 radical (unpaired) electrons. The molecule has 5 heteroatoms. The zero-order valence-electron chi connectivity index (χ0n) is 18.0. The first-order valence-corrected chi connectivity index (χ1v) is 10.6. The standard InChI is InChI=1S/C26H27NO4/c1-3-30-25-12-11-20(15-22(25)18-31-24-10-6-9-23(16-24)29-2)26(28)27-14-13-19-7-4-5-8-21(19)17-27/h4-12,15-16H,3,13-14,17-18H2,1-2H3. The summed E-state index contributed by atoms with van der Waals surface area (Å²) < 4.78 is 17.0. The molecule has 31 heavy (non-hydrogen) atoms. The molecule has 1 aliphatic heterocycles. The molecule has 5 nitrogen and oxygen atoms in total. The summed E-state index contributed by atoms with van der Waals surface area (Å²) in [5.41, 5.74) is 4.03. The van der Waals surface area contributed by atoms with Crippen molar-refractivity contribution in [1.82, 2.24) is 4.90 Å². The van der Waals surface area contributed by atoms with Crippen LogP contribution in [0, 0.1) is 0 Å². The smallest absolute Gasteiger partial charge is 0.254 e. The highest BCUT2D eigenvalue weighted by Gasteiger charge is 2.22. The van der Waals surface area contributed by atoms with E-state index >= 15 is 0 Å². The number of fused-ring (bicyclic) bond motifs is 1. The minimum Gasteiger partial charge on any atom is -0.497 e. The lowest BCUT2D eigenvalue weighted by Crippen LogP contribution is -2.36. The van der Waals surface area contributed by atoms with Gasteiger partial charge in [0.1, 0.15) is 23.9 Å². The molecule has 0 spiro atoms. The molecule has 4 rings (SSSR count). The van der Waals surface area contributed by atoms with Crippen LogP contribution in [0.2, 0.25) is 0 Å². The largest absolute Gasteiger partial charge is 0.497 e. The van der Waals surface area contributed by atoms with Gasteiger partial charge in [-0.25, -0.2) is 0 Å². The van der Waals surface area contributed by atoms with Gasteiger partial charge in [0.15, 0.2) is 0 Å². The maximum atomic E-state index is 13.2. The first kappa shape index (κ1) is 20.8. The number of hydrogen-bond donors (Lipinski definition) is 0. The molecule has 0 unspecified atom stereocenters. The molecule has 0 saturated carbocycles. The van der Waals surface area contributed by atoms with Crippen molar-refractivity contribution in [2.45, 2.75) is 26.5 Å². The number of rotatable bonds is 7. The predicted octanol–water partition coefficient (Wildman–Crippen LogP) is 4.87. The van der Waals surface area contributed by atoms with Gasteiger partial charge in [-0.1, -0.05) is 30.3 Å². The van der Waals surface area contributed by atoms with Crippen molar-refractivity contribution in [2.24, 2.45) is 0 Å². The second kappa shape index (κ2) is 9.56. The third-order valence-electron chi connectivity index (χ3n) is 5.46. The van der Waals surface area contributed by atoms with Crippen LogP contribution in [0.1, 0.15) is 34.0 Å². The lowest BCUT2D eigenvalue weighted by atomic mass is 9.99. The Hall–Kier alpha value is -3.47. The van der Waals surface area contributed by atoms with Gasteiger partial charge >= 0.3 is 0 Å². The quantitative estimate of drug-likeness (QED) is 0.550. The number of ether oxygens (including phenoxy) is 3. The molecule has 1 aliphatic rings. The zero-order valence-corrected chi connectivity index (χ0v) is 18.0. The van der Waals surface area contributed by atoms with Crippen molar-refractivity contribution in [3.05, 3.63) is 89.0 Å². The summed E-state index contributed by atoms with van der Waals surface area (Å²) in [7, 11) is 1.63. The molecule has 0 fully saturated rings. The Morgan fingerprint density at radius 3 is 2.55 bits per heavy atom. The molecule has 3 aromatic rings. The van der Waals surface area contributed by atoms with Gasteiger partial charge in [0.25, 0.3) is 5.91 Å². The summed E-state index contributed by atoms with van der Waals surface area (Å²) in [5, 5.41) is 0. The fourth-order valence-corrected chi connectivity index (χ4v) is 3.83. The van der Waals surface area contributed by atoms with Crippen molar-refractivity contribution in [1.29, 1.82) is 0 Å². The Kier molecular flexibility index (Phi) is 6.41. The van der Waals surface area contributed by atoms with E-state index in [4.69, 9.17) is 14.2 Å². The Balaban J connectivity index is 1.53. The highest BCUT2D eigenvalue weighted by Crippen LogP contribution is 2.26. The van der Waals surface area contributed by atoms with Gasteiger partial charge in [-0.15, -0.1) is 0 Å². The van der Waals surface area contributed by atoms with E-state index in [0.29, 0.717) is 31.1 Å². The summed E-state index contributed by atoms with van der Waals surface area (Å²) in [6, 6.07) is 21.4. The number of carbonyl (C=O) groups excluding carboxylic acids is 1. The molecular weight excluding hydrogens is 390 g/mol. The number of benzene rings is 3. The second-order valence-electron chi connectivity index (χ2n) is 7.47. The third-order valence-corrected chi connectivity index (χ3v) is 5.46. The van der Waals surface area contributed by atoms with Crippen LogP contribution in [-0.4, -0.2) is 31.1 Å². The second-order valence-corrected chi connectivity index (χ2v) is 7.47. The molecule has 0 saturated heterocycles. The Morgan fingerprint density at radius 1 is 0.935 bits per heavy atom. The molecule has 0 aromatic heterocycles. The van der Waals surface area contributed by atoms with Gasteiger partial charge in [-0.2, -0.15) is 0 Å². The zero-order chi connectivity index (χ0) is 21.6. The topological polar surface area (TPSA) is 48.0 Å². The van der Waals surface area contributed by atoms with Crippen LogP contribution in [0.25, 0.3) is 0 Å². The minimum atomic E-state index is 0.0279. The van der Waals surface area contributed by atoms with E-state index in [1.54, 1.807) is 7.11 Å². The summed E-state index contributed by atoms with van der Waals surface area (Å²) >= 11 is 0. The van der Waals surface area contributed by atoms with Crippen LogP contribution in [0.3, 0.4) is 0 Å².